The Hall–Kier alpha value is -0.780. The number of nitrogens with one attached hydrogen (secondary N) is 1. The second kappa shape index (κ2) is 5.71. The lowest BCUT2D eigenvalue weighted by Gasteiger charge is -2.21. The van der Waals surface area contributed by atoms with Gasteiger partial charge in [-0.25, -0.2) is 4.79 Å². The first-order valence-electron chi connectivity index (χ1n) is 5.66. The lowest BCUT2D eigenvalue weighted by atomic mass is 10.2. The van der Waals surface area contributed by atoms with Gasteiger partial charge < -0.3 is 15.0 Å². The Morgan fingerprint density at radius 3 is 2.71 bits per heavy atom. The quantitative estimate of drug-likeness (QED) is 0.804. The number of likely N-dealkylation sites (tertiary alicyclic amines) is 1. The number of hydrogen-bond acceptors (Lipinski definition) is 3. The summed E-state index contributed by atoms with van der Waals surface area (Å²) in [5.41, 5.74) is -0.492. The molecule has 2 amide bonds. The number of ether oxygens (including phenoxy) is 1. The average molecular weight is 307 g/mol. The third-order valence-electron chi connectivity index (χ3n) is 2.22. The summed E-state index contributed by atoms with van der Waals surface area (Å²) in [6, 6.07) is 0. The highest BCUT2D eigenvalue weighted by molar-refractivity contribution is 9.09. The summed E-state index contributed by atoms with van der Waals surface area (Å²) >= 11 is 3.41. The zero-order valence-corrected chi connectivity index (χ0v) is 12.0. The van der Waals surface area contributed by atoms with Gasteiger partial charge in [0.05, 0.1) is 0 Å². The van der Waals surface area contributed by atoms with Crippen LogP contribution in [0.3, 0.4) is 0 Å². The lowest BCUT2D eigenvalue weighted by molar-refractivity contribution is -0.127. The first kappa shape index (κ1) is 14.3. The van der Waals surface area contributed by atoms with Gasteiger partial charge in [-0.3, -0.25) is 4.79 Å². The van der Waals surface area contributed by atoms with Gasteiger partial charge in [0, 0.05) is 30.9 Å². The number of carbonyl (C=O) groups excluding carboxylic acids is 2. The van der Waals surface area contributed by atoms with Crippen molar-refractivity contribution in [3.05, 3.63) is 0 Å². The molecular weight excluding hydrogens is 288 g/mol. The van der Waals surface area contributed by atoms with Crippen LogP contribution in [0.1, 0.15) is 27.2 Å². The van der Waals surface area contributed by atoms with Crippen molar-refractivity contribution in [3.8, 4) is 0 Å². The molecule has 5 nitrogen and oxygen atoms in total. The Bertz CT molecular complexity index is 302. The van der Waals surface area contributed by atoms with E-state index in [1.807, 2.05) is 20.8 Å². The summed E-state index contributed by atoms with van der Waals surface area (Å²) in [5, 5.41) is 2.63. The molecule has 1 heterocycles. The van der Waals surface area contributed by atoms with Crippen molar-refractivity contribution in [2.24, 2.45) is 0 Å². The van der Waals surface area contributed by atoms with E-state index in [1.54, 1.807) is 4.90 Å². The minimum absolute atomic E-state index is 0.123. The van der Waals surface area contributed by atoms with Crippen molar-refractivity contribution in [1.29, 1.82) is 0 Å². The Morgan fingerprint density at radius 1 is 1.59 bits per heavy atom. The molecule has 0 bridgehead atoms. The second-order valence-corrected chi connectivity index (χ2v) is 6.36. The second-order valence-electron chi connectivity index (χ2n) is 5.07. The van der Waals surface area contributed by atoms with E-state index in [-0.39, 0.29) is 10.7 Å². The maximum Gasteiger partial charge on any atom is 0.407 e. The topological polar surface area (TPSA) is 58.6 Å². The highest BCUT2D eigenvalue weighted by Crippen LogP contribution is 2.17. The third-order valence-corrected chi connectivity index (χ3v) is 2.83. The molecule has 0 aromatic carbocycles. The van der Waals surface area contributed by atoms with Crippen LogP contribution < -0.4 is 5.32 Å². The number of amides is 2. The van der Waals surface area contributed by atoms with Gasteiger partial charge in [0.1, 0.15) is 5.60 Å². The number of rotatable bonds is 3. The molecule has 0 saturated carbocycles. The molecule has 0 spiro atoms. The molecule has 0 radical (unpaired) electrons. The summed E-state index contributed by atoms with van der Waals surface area (Å²) in [5.74, 6) is 0.123. The zero-order valence-electron chi connectivity index (χ0n) is 10.5. The van der Waals surface area contributed by atoms with Crippen molar-refractivity contribution >= 4 is 27.9 Å². The van der Waals surface area contributed by atoms with Crippen molar-refractivity contribution < 1.29 is 14.3 Å². The molecule has 1 N–H and O–H groups in total. The van der Waals surface area contributed by atoms with Crippen molar-refractivity contribution in [2.75, 3.05) is 19.6 Å². The Balaban J connectivity index is 2.20. The SMILES string of the molecule is CC(C)(C)OC(=O)NCCN1CC(Br)CC1=O. The van der Waals surface area contributed by atoms with Gasteiger partial charge in [0.25, 0.3) is 0 Å². The molecule has 0 aromatic heterocycles. The molecule has 1 aliphatic heterocycles. The maximum absolute atomic E-state index is 11.4. The van der Waals surface area contributed by atoms with E-state index in [4.69, 9.17) is 4.74 Å². The van der Waals surface area contributed by atoms with Crippen molar-refractivity contribution in [2.45, 2.75) is 37.6 Å². The smallest absolute Gasteiger partial charge is 0.407 e. The largest absolute Gasteiger partial charge is 0.444 e. The number of nitrogens with zero attached hydrogens (tertiary/aromatic N) is 1. The highest BCUT2D eigenvalue weighted by atomic mass is 79.9. The molecule has 1 fully saturated rings. The van der Waals surface area contributed by atoms with E-state index >= 15 is 0 Å². The lowest BCUT2D eigenvalue weighted by Crippen LogP contribution is -2.38. The average Bonchev–Trinajstić information content (AvgIpc) is 2.42. The number of hydrogen-bond donors (Lipinski definition) is 1. The van der Waals surface area contributed by atoms with Gasteiger partial charge in [-0.05, 0) is 20.8 Å². The van der Waals surface area contributed by atoms with Gasteiger partial charge in [0.15, 0.2) is 0 Å². The minimum atomic E-state index is -0.492. The maximum atomic E-state index is 11.4. The number of carbonyl (C=O) groups is 2. The van der Waals surface area contributed by atoms with Crippen LogP contribution >= 0.6 is 15.9 Å². The van der Waals surface area contributed by atoms with Crippen LogP contribution in [-0.4, -0.2) is 47.0 Å². The first-order chi connectivity index (χ1) is 7.78. The number of halogens is 1. The van der Waals surface area contributed by atoms with Gasteiger partial charge in [-0.2, -0.15) is 0 Å². The Kier molecular flexibility index (Phi) is 4.80. The third kappa shape index (κ3) is 5.39. The normalized spacial score (nSPS) is 20.6. The summed E-state index contributed by atoms with van der Waals surface area (Å²) in [6.07, 6.45) is 0.0893. The van der Waals surface area contributed by atoms with E-state index in [0.29, 0.717) is 26.1 Å². The molecule has 0 aliphatic carbocycles. The van der Waals surface area contributed by atoms with Gasteiger partial charge in [-0.15, -0.1) is 0 Å². The molecule has 1 saturated heterocycles. The number of alkyl carbamates (subject to hydrolysis) is 1. The zero-order chi connectivity index (χ0) is 13.1. The number of alkyl halides is 1. The molecule has 17 heavy (non-hydrogen) atoms. The predicted molar refractivity (Wildman–Crippen MR) is 68.1 cm³/mol. The van der Waals surface area contributed by atoms with E-state index in [2.05, 4.69) is 21.2 Å². The fourth-order valence-electron chi connectivity index (χ4n) is 1.55. The highest BCUT2D eigenvalue weighted by Gasteiger charge is 2.27. The van der Waals surface area contributed by atoms with E-state index < -0.39 is 11.7 Å². The Morgan fingerprint density at radius 2 is 2.24 bits per heavy atom. The van der Waals surface area contributed by atoms with Crippen LogP contribution in [0.25, 0.3) is 0 Å². The van der Waals surface area contributed by atoms with Crippen LogP contribution in [0.4, 0.5) is 4.79 Å². The van der Waals surface area contributed by atoms with Crippen molar-refractivity contribution in [3.63, 3.8) is 0 Å². The first-order valence-corrected chi connectivity index (χ1v) is 6.58. The molecule has 0 aromatic rings. The molecular formula is C11H19BrN2O3. The molecule has 1 rings (SSSR count). The van der Waals surface area contributed by atoms with Crippen LogP contribution in [0, 0.1) is 0 Å². The fraction of sp³-hybridized carbons (Fsp3) is 0.818. The fourth-order valence-corrected chi connectivity index (χ4v) is 2.17. The van der Waals surface area contributed by atoms with Gasteiger partial charge >= 0.3 is 6.09 Å². The molecule has 1 unspecified atom stereocenters. The summed E-state index contributed by atoms with van der Waals surface area (Å²) in [7, 11) is 0. The molecule has 98 valence electrons. The Labute approximate surface area is 110 Å². The van der Waals surface area contributed by atoms with Gasteiger partial charge in [0.2, 0.25) is 5.91 Å². The van der Waals surface area contributed by atoms with E-state index in [0.717, 1.165) is 0 Å². The van der Waals surface area contributed by atoms with E-state index in [1.165, 1.54) is 0 Å². The van der Waals surface area contributed by atoms with Crippen LogP contribution in [0.5, 0.6) is 0 Å². The van der Waals surface area contributed by atoms with Crippen LogP contribution in [0.2, 0.25) is 0 Å². The summed E-state index contributed by atoms with van der Waals surface area (Å²) in [6.45, 7) is 7.08. The summed E-state index contributed by atoms with van der Waals surface area (Å²) < 4.78 is 5.09. The predicted octanol–water partition coefficient (Wildman–Crippen LogP) is 1.51. The van der Waals surface area contributed by atoms with E-state index in [9.17, 15) is 9.59 Å². The van der Waals surface area contributed by atoms with Crippen LogP contribution in [-0.2, 0) is 9.53 Å². The minimum Gasteiger partial charge on any atom is -0.444 e. The molecule has 1 aliphatic rings. The molecule has 6 heteroatoms. The standard InChI is InChI=1S/C11H19BrN2O3/c1-11(2,3)17-10(16)13-4-5-14-7-8(12)6-9(14)15/h8H,4-7H2,1-3H3,(H,13,16). The molecule has 1 atom stereocenters. The monoisotopic (exact) mass is 306 g/mol. The summed E-state index contributed by atoms with van der Waals surface area (Å²) in [4.78, 5) is 24.7. The van der Waals surface area contributed by atoms with Crippen LogP contribution in [0.15, 0.2) is 0 Å². The van der Waals surface area contributed by atoms with Crippen molar-refractivity contribution in [1.82, 2.24) is 10.2 Å². The van der Waals surface area contributed by atoms with Gasteiger partial charge in [-0.1, -0.05) is 15.9 Å².